The molecule has 1 unspecified atom stereocenters. The third kappa shape index (κ3) is 3.39. The molecule has 0 bridgehead atoms. The Morgan fingerprint density at radius 3 is 2.97 bits per heavy atom. The fourth-order valence-corrected chi connectivity index (χ4v) is 4.61. The summed E-state index contributed by atoms with van der Waals surface area (Å²) in [6.07, 6.45) is 1.39. The molecule has 0 spiro atoms. The number of ether oxygens (including phenoxy) is 1. The van der Waals surface area contributed by atoms with E-state index in [1.165, 1.54) is 18.0 Å². The Labute approximate surface area is 181 Å². The van der Waals surface area contributed by atoms with Crippen LogP contribution in [-0.2, 0) is 4.79 Å². The Kier molecular flexibility index (Phi) is 4.79. The Bertz CT molecular complexity index is 1290. The Balaban J connectivity index is 1.47. The number of carbonyl (C=O) groups excluding carboxylic acids is 1. The molecule has 1 aromatic carbocycles. The van der Waals surface area contributed by atoms with Crippen LogP contribution in [0.1, 0.15) is 11.7 Å². The number of methoxy groups -OCH3 is 1. The number of aromatic nitrogens is 2. The molecule has 0 saturated heterocycles. The van der Waals surface area contributed by atoms with Crippen LogP contribution >= 0.6 is 11.8 Å². The molecule has 1 atom stereocenters. The minimum absolute atomic E-state index is 0.0429. The van der Waals surface area contributed by atoms with Gasteiger partial charge in [0, 0.05) is 30.0 Å². The molecule has 0 amide bonds. The van der Waals surface area contributed by atoms with E-state index in [2.05, 4.69) is 20.3 Å². The highest BCUT2D eigenvalue weighted by Crippen LogP contribution is 2.41. The van der Waals surface area contributed by atoms with E-state index in [1.807, 2.05) is 30.3 Å². The van der Waals surface area contributed by atoms with Crippen molar-refractivity contribution in [1.29, 1.82) is 0 Å². The molecule has 4 heterocycles. The van der Waals surface area contributed by atoms with Crippen molar-refractivity contribution in [3.8, 4) is 5.75 Å². The number of fused-ring (bicyclic) bond motifs is 1. The minimum atomic E-state index is -0.485. The Hall–Kier alpha value is -3.50. The quantitative estimate of drug-likeness (QED) is 0.486. The third-order valence-corrected chi connectivity index (χ3v) is 6.08. The van der Waals surface area contributed by atoms with Crippen LogP contribution in [0.4, 0.5) is 0 Å². The van der Waals surface area contributed by atoms with Gasteiger partial charge in [-0.25, -0.2) is 9.98 Å². The van der Waals surface area contributed by atoms with Crippen molar-refractivity contribution in [3.05, 3.63) is 59.1 Å². The van der Waals surface area contributed by atoms with Gasteiger partial charge in [-0.2, -0.15) is 0 Å². The standard InChI is InChI=1S/C21H20N6O3S/c1-29-10-2-3-12-13(6-10)27-21(26-12)31-17-5-4-16(30-17)18-11(7-22)20(23)25-14-8-24-9-15(28)19(14)18/h2-7,18,24H,8-9,22H2,1H3,(H2,23,25)(H,26,27)/b11-7-. The smallest absolute Gasteiger partial charge is 0.175 e. The first kappa shape index (κ1) is 19.5. The molecule has 5 rings (SSSR count). The highest BCUT2D eigenvalue weighted by Gasteiger charge is 2.37. The minimum Gasteiger partial charge on any atom is -0.497 e. The monoisotopic (exact) mass is 436 g/mol. The summed E-state index contributed by atoms with van der Waals surface area (Å²) in [4.78, 5) is 24.9. The summed E-state index contributed by atoms with van der Waals surface area (Å²) in [5.74, 6) is 1.10. The molecule has 0 saturated carbocycles. The molecule has 2 aliphatic rings. The molecular weight excluding hydrogens is 416 g/mol. The average Bonchev–Trinajstić information content (AvgIpc) is 3.38. The number of nitrogens with zero attached hydrogens (tertiary/aromatic N) is 2. The van der Waals surface area contributed by atoms with Crippen LogP contribution in [0.2, 0.25) is 0 Å². The SMILES string of the molecule is COc1ccc2nc(Sc3ccc(C4C5=C(CNCC5=O)N=C(N)/C4=C\N)o3)[nH]c2c1. The number of H-pyrrole nitrogens is 1. The van der Waals surface area contributed by atoms with Crippen LogP contribution in [0.3, 0.4) is 0 Å². The van der Waals surface area contributed by atoms with Crippen LogP contribution in [0, 0.1) is 0 Å². The number of imidazole rings is 1. The van der Waals surface area contributed by atoms with Gasteiger partial charge >= 0.3 is 0 Å². The molecule has 0 aliphatic carbocycles. The number of amidine groups is 1. The molecule has 2 aromatic heterocycles. The predicted octanol–water partition coefficient (Wildman–Crippen LogP) is 2.04. The second-order valence-corrected chi connectivity index (χ2v) is 8.12. The Morgan fingerprint density at radius 2 is 2.16 bits per heavy atom. The van der Waals surface area contributed by atoms with Crippen LogP contribution in [-0.4, -0.2) is 41.8 Å². The topological polar surface area (TPSA) is 145 Å². The van der Waals surface area contributed by atoms with E-state index in [-0.39, 0.29) is 12.3 Å². The number of aromatic amines is 1. The first-order valence-corrected chi connectivity index (χ1v) is 10.4. The number of benzene rings is 1. The number of rotatable bonds is 4. The summed E-state index contributed by atoms with van der Waals surface area (Å²) in [7, 11) is 1.62. The van der Waals surface area contributed by atoms with E-state index in [0.717, 1.165) is 16.8 Å². The molecule has 0 fully saturated rings. The van der Waals surface area contributed by atoms with E-state index < -0.39 is 5.92 Å². The fourth-order valence-electron chi connectivity index (χ4n) is 3.84. The number of carbonyl (C=O) groups is 1. The zero-order valence-electron chi connectivity index (χ0n) is 16.6. The van der Waals surface area contributed by atoms with E-state index in [9.17, 15) is 4.79 Å². The van der Waals surface area contributed by atoms with Gasteiger partial charge in [0.15, 0.2) is 16.0 Å². The Morgan fingerprint density at radius 1 is 1.29 bits per heavy atom. The molecule has 3 aromatic rings. The van der Waals surface area contributed by atoms with Gasteiger partial charge < -0.3 is 30.9 Å². The van der Waals surface area contributed by atoms with Crippen molar-refractivity contribution in [2.24, 2.45) is 16.5 Å². The van der Waals surface area contributed by atoms with Gasteiger partial charge in [0.2, 0.25) is 0 Å². The van der Waals surface area contributed by atoms with Crippen LogP contribution in [0.15, 0.2) is 73.0 Å². The second kappa shape index (κ2) is 7.64. The number of nitrogens with one attached hydrogen (secondary N) is 2. The number of furan rings is 1. The van der Waals surface area contributed by atoms with Crippen molar-refractivity contribution < 1.29 is 13.9 Å². The normalized spacial score (nSPS) is 20.3. The van der Waals surface area contributed by atoms with Crippen LogP contribution in [0.25, 0.3) is 11.0 Å². The number of ketones is 1. The van der Waals surface area contributed by atoms with Gasteiger partial charge in [0.25, 0.3) is 0 Å². The first-order chi connectivity index (χ1) is 15.1. The summed E-state index contributed by atoms with van der Waals surface area (Å²) < 4.78 is 11.4. The molecular formula is C21H20N6O3S. The van der Waals surface area contributed by atoms with E-state index in [0.29, 0.717) is 45.2 Å². The van der Waals surface area contributed by atoms with E-state index >= 15 is 0 Å². The molecule has 10 heteroatoms. The highest BCUT2D eigenvalue weighted by atomic mass is 32.2. The third-order valence-electron chi connectivity index (χ3n) is 5.27. The molecule has 0 radical (unpaired) electrons. The largest absolute Gasteiger partial charge is 0.497 e. The molecule has 2 aliphatic heterocycles. The predicted molar refractivity (Wildman–Crippen MR) is 117 cm³/mol. The summed E-state index contributed by atoms with van der Waals surface area (Å²) in [6.45, 7) is 0.717. The average molecular weight is 436 g/mol. The summed E-state index contributed by atoms with van der Waals surface area (Å²) in [5, 5.41) is 4.35. The van der Waals surface area contributed by atoms with Crippen LogP contribution < -0.4 is 21.5 Å². The van der Waals surface area contributed by atoms with Crippen molar-refractivity contribution in [2.45, 2.75) is 16.2 Å². The lowest BCUT2D eigenvalue weighted by molar-refractivity contribution is -0.115. The summed E-state index contributed by atoms with van der Waals surface area (Å²) in [6, 6.07) is 9.32. The summed E-state index contributed by atoms with van der Waals surface area (Å²) >= 11 is 1.35. The maximum absolute atomic E-state index is 12.7. The van der Waals surface area contributed by atoms with Crippen LogP contribution in [0.5, 0.6) is 5.75 Å². The zero-order valence-corrected chi connectivity index (χ0v) is 17.5. The highest BCUT2D eigenvalue weighted by molar-refractivity contribution is 7.99. The summed E-state index contributed by atoms with van der Waals surface area (Å²) in [5.41, 5.74) is 15.4. The number of nitrogens with two attached hydrogens (primary N) is 2. The van der Waals surface area contributed by atoms with Crippen molar-refractivity contribution >= 4 is 34.4 Å². The van der Waals surface area contributed by atoms with Gasteiger partial charge in [-0.3, -0.25) is 4.79 Å². The number of Topliss-reactive ketones (excluding diaryl/α,β-unsaturated/α-hetero) is 1. The van der Waals surface area contributed by atoms with Gasteiger partial charge in [-0.1, -0.05) is 0 Å². The maximum atomic E-state index is 12.7. The number of hydrogen-bond donors (Lipinski definition) is 4. The van der Waals surface area contributed by atoms with E-state index in [1.54, 1.807) is 7.11 Å². The molecule has 6 N–H and O–H groups in total. The second-order valence-electron chi connectivity index (χ2n) is 7.12. The number of hydrogen-bond acceptors (Lipinski definition) is 9. The van der Waals surface area contributed by atoms with Gasteiger partial charge in [0.1, 0.15) is 17.3 Å². The lowest BCUT2D eigenvalue weighted by Gasteiger charge is -2.29. The lowest BCUT2D eigenvalue weighted by Crippen LogP contribution is -2.39. The molecule has 158 valence electrons. The lowest BCUT2D eigenvalue weighted by atomic mass is 9.81. The zero-order chi connectivity index (χ0) is 21.5. The van der Waals surface area contributed by atoms with Gasteiger partial charge in [-0.05, 0) is 36.0 Å². The number of aliphatic imine (C=N–C) groups is 1. The fraction of sp³-hybridized carbons (Fsp3) is 0.190. The van der Waals surface area contributed by atoms with E-state index in [4.69, 9.17) is 20.6 Å². The van der Waals surface area contributed by atoms with Crippen molar-refractivity contribution in [2.75, 3.05) is 20.2 Å². The van der Waals surface area contributed by atoms with Gasteiger partial charge in [-0.15, -0.1) is 0 Å². The van der Waals surface area contributed by atoms with Gasteiger partial charge in [0.05, 0.1) is 36.3 Å². The van der Waals surface area contributed by atoms with Crippen molar-refractivity contribution in [1.82, 2.24) is 15.3 Å². The van der Waals surface area contributed by atoms with Crippen molar-refractivity contribution in [3.63, 3.8) is 0 Å². The molecule has 31 heavy (non-hydrogen) atoms. The first-order valence-electron chi connectivity index (χ1n) is 9.62. The maximum Gasteiger partial charge on any atom is 0.175 e. The molecule has 9 nitrogen and oxygen atoms in total.